The molecular formula is C16H15N3O2. The summed E-state index contributed by atoms with van der Waals surface area (Å²) in [6.45, 7) is 0.762. The van der Waals surface area contributed by atoms with Gasteiger partial charge < -0.3 is 14.7 Å². The highest BCUT2D eigenvalue weighted by molar-refractivity contribution is 6.00. The van der Waals surface area contributed by atoms with Gasteiger partial charge in [-0.25, -0.2) is 4.98 Å². The Kier molecular flexibility index (Phi) is 2.77. The van der Waals surface area contributed by atoms with E-state index >= 15 is 0 Å². The fourth-order valence-corrected chi connectivity index (χ4v) is 2.45. The zero-order valence-corrected chi connectivity index (χ0v) is 11.4. The maximum atomic E-state index is 12.2. The van der Waals surface area contributed by atoms with Crippen LogP contribution in [0.3, 0.4) is 0 Å². The summed E-state index contributed by atoms with van der Waals surface area (Å²) in [4.78, 5) is 19.6. The third-order valence-corrected chi connectivity index (χ3v) is 3.87. The molecule has 5 nitrogen and oxygen atoms in total. The molecule has 3 heterocycles. The maximum absolute atomic E-state index is 12.2. The number of rotatable bonds is 4. The lowest BCUT2D eigenvalue weighted by molar-refractivity contribution is 0.0951. The predicted octanol–water partition coefficient (Wildman–Crippen LogP) is 2.96. The first kappa shape index (κ1) is 12.2. The summed E-state index contributed by atoms with van der Waals surface area (Å²) in [5, 5.41) is 3.89. The lowest BCUT2D eigenvalue weighted by Crippen LogP contribution is -2.25. The van der Waals surface area contributed by atoms with Crippen LogP contribution in [0, 0.1) is 5.92 Å². The Balaban J connectivity index is 1.67. The van der Waals surface area contributed by atoms with Crippen LogP contribution >= 0.6 is 0 Å². The lowest BCUT2D eigenvalue weighted by atomic mass is 10.1. The Bertz CT molecular complexity index is 785. The number of carbonyl (C=O) groups is 1. The van der Waals surface area contributed by atoms with E-state index < -0.39 is 0 Å². The summed E-state index contributed by atoms with van der Waals surface area (Å²) in [6.07, 6.45) is 9.25. The SMILES string of the molecule is O=C(NCC1CC1)c1cnc2[nH]cc(-c3ccoc3)c2c1. The topological polar surface area (TPSA) is 70.9 Å². The second-order valence-corrected chi connectivity index (χ2v) is 5.49. The van der Waals surface area contributed by atoms with Gasteiger partial charge in [0.25, 0.3) is 5.91 Å². The number of aromatic amines is 1. The van der Waals surface area contributed by atoms with E-state index in [0.717, 1.165) is 28.7 Å². The normalized spacial score (nSPS) is 14.5. The lowest BCUT2D eigenvalue weighted by Gasteiger charge is -2.04. The van der Waals surface area contributed by atoms with Crippen molar-refractivity contribution in [2.24, 2.45) is 5.92 Å². The van der Waals surface area contributed by atoms with Crippen LogP contribution in [0.2, 0.25) is 0 Å². The van der Waals surface area contributed by atoms with Gasteiger partial charge in [0, 0.05) is 35.5 Å². The molecule has 2 N–H and O–H groups in total. The van der Waals surface area contributed by atoms with Gasteiger partial charge >= 0.3 is 0 Å². The van der Waals surface area contributed by atoms with E-state index in [-0.39, 0.29) is 5.91 Å². The third kappa shape index (κ3) is 2.31. The molecule has 4 rings (SSSR count). The Labute approximate surface area is 121 Å². The van der Waals surface area contributed by atoms with Crippen molar-refractivity contribution < 1.29 is 9.21 Å². The van der Waals surface area contributed by atoms with Crippen LogP contribution in [0.4, 0.5) is 0 Å². The van der Waals surface area contributed by atoms with Crippen molar-refractivity contribution in [3.05, 3.63) is 42.6 Å². The quantitative estimate of drug-likeness (QED) is 0.772. The molecule has 3 aromatic rings. The zero-order chi connectivity index (χ0) is 14.2. The minimum Gasteiger partial charge on any atom is -0.472 e. The van der Waals surface area contributed by atoms with Gasteiger partial charge in [0.2, 0.25) is 0 Å². The van der Waals surface area contributed by atoms with Crippen molar-refractivity contribution >= 4 is 16.9 Å². The third-order valence-electron chi connectivity index (χ3n) is 3.87. The number of H-pyrrole nitrogens is 1. The van der Waals surface area contributed by atoms with Gasteiger partial charge in [-0.2, -0.15) is 0 Å². The molecule has 1 saturated carbocycles. The molecule has 0 saturated heterocycles. The highest BCUT2D eigenvalue weighted by atomic mass is 16.3. The minimum atomic E-state index is -0.0596. The Morgan fingerprint density at radius 1 is 1.48 bits per heavy atom. The number of furan rings is 1. The number of hydrogen-bond donors (Lipinski definition) is 2. The molecule has 0 atom stereocenters. The van der Waals surface area contributed by atoms with Gasteiger partial charge in [-0.05, 0) is 30.9 Å². The zero-order valence-electron chi connectivity index (χ0n) is 11.4. The highest BCUT2D eigenvalue weighted by Gasteiger charge is 2.22. The molecule has 0 bridgehead atoms. The molecule has 0 unspecified atom stereocenters. The van der Waals surface area contributed by atoms with Crippen molar-refractivity contribution in [3.8, 4) is 11.1 Å². The molecule has 1 aliphatic carbocycles. The number of nitrogens with one attached hydrogen (secondary N) is 2. The second kappa shape index (κ2) is 4.77. The largest absolute Gasteiger partial charge is 0.472 e. The number of amides is 1. The van der Waals surface area contributed by atoms with Crippen LogP contribution < -0.4 is 5.32 Å². The molecule has 3 aromatic heterocycles. The first-order chi connectivity index (χ1) is 10.3. The number of hydrogen-bond acceptors (Lipinski definition) is 3. The predicted molar refractivity (Wildman–Crippen MR) is 78.9 cm³/mol. The fraction of sp³-hybridized carbons (Fsp3) is 0.250. The van der Waals surface area contributed by atoms with E-state index in [1.54, 1.807) is 18.7 Å². The number of aromatic nitrogens is 2. The summed E-state index contributed by atoms with van der Waals surface area (Å²) in [5.41, 5.74) is 3.32. The summed E-state index contributed by atoms with van der Waals surface area (Å²) in [7, 11) is 0. The van der Waals surface area contributed by atoms with E-state index in [9.17, 15) is 4.79 Å². The minimum absolute atomic E-state index is 0.0596. The summed E-state index contributed by atoms with van der Waals surface area (Å²) in [5.74, 6) is 0.607. The van der Waals surface area contributed by atoms with Crippen LogP contribution in [-0.4, -0.2) is 22.4 Å². The van der Waals surface area contributed by atoms with Crippen molar-refractivity contribution in [2.75, 3.05) is 6.54 Å². The highest BCUT2D eigenvalue weighted by Crippen LogP contribution is 2.29. The molecule has 0 aromatic carbocycles. The first-order valence-electron chi connectivity index (χ1n) is 7.09. The van der Waals surface area contributed by atoms with E-state index in [2.05, 4.69) is 15.3 Å². The van der Waals surface area contributed by atoms with Crippen molar-refractivity contribution in [1.29, 1.82) is 0 Å². The monoisotopic (exact) mass is 281 g/mol. The van der Waals surface area contributed by atoms with E-state index in [4.69, 9.17) is 4.42 Å². The molecule has 0 aliphatic heterocycles. The average Bonchev–Trinajstić information content (AvgIpc) is 3.01. The van der Waals surface area contributed by atoms with Crippen molar-refractivity contribution in [3.63, 3.8) is 0 Å². The molecule has 0 radical (unpaired) electrons. The molecule has 106 valence electrons. The van der Waals surface area contributed by atoms with E-state index in [1.807, 2.05) is 18.3 Å². The number of nitrogens with zero attached hydrogens (tertiary/aromatic N) is 1. The average molecular weight is 281 g/mol. The van der Waals surface area contributed by atoms with E-state index in [0.29, 0.717) is 11.5 Å². The van der Waals surface area contributed by atoms with Gasteiger partial charge in [0.1, 0.15) is 5.65 Å². The Morgan fingerprint density at radius 3 is 3.14 bits per heavy atom. The standard InChI is InChI=1S/C16H15N3O2/c20-16(19-6-10-1-2-10)12-5-13-14(11-3-4-21-9-11)8-18-15(13)17-7-12/h3-5,7-10H,1-2,6H2,(H,17,18)(H,19,20). The van der Waals surface area contributed by atoms with Gasteiger partial charge in [0.15, 0.2) is 0 Å². The summed E-state index contributed by atoms with van der Waals surface area (Å²) < 4.78 is 5.12. The second-order valence-electron chi connectivity index (χ2n) is 5.49. The van der Waals surface area contributed by atoms with E-state index in [1.165, 1.54) is 12.8 Å². The number of fused-ring (bicyclic) bond motifs is 1. The Hall–Kier alpha value is -2.56. The number of pyridine rings is 1. The smallest absolute Gasteiger partial charge is 0.252 e. The van der Waals surface area contributed by atoms with Crippen molar-refractivity contribution in [1.82, 2.24) is 15.3 Å². The molecule has 21 heavy (non-hydrogen) atoms. The van der Waals surface area contributed by atoms with Crippen LogP contribution in [0.25, 0.3) is 22.2 Å². The fourth-order valence-electron chi connectivity index (χ4n) is 2.45. The van der Waals surface area contributed by atoms with Crippen LogP contribution in [0.1, 0.15) is 23.2 Å². The maximum Gasteiger partial charge on any atom is 0.252 e. The molecule has 5 heteroatoms. The molecule has 1 fully saturated rings. The molecular weight excluding hydrogens is 266 g/mol. The van der Waals surface area contributed by atoms with Gasteiger partial charge in [-0.3, -0.25) is 4.79 Å². The van der Waals surface area contributed by atoms with Gasteiger partial charge in [0.05, 0.1) is 18.1 Å². The molecule has 0 spiro atoms. The summed E-state index contributed by atoms with van der Waals surface area (Å²) in [6, 6.07) is 3.77. The van der Waals surface area contributed by atoms with Gasteiger partial charge in [-0.15, -0.1) is 0 Å². The molecule has 1 aliphatic rings. The van der Waals surface area contributed by atoms with Crippen LogP contribution in [0.15, 0.2) is 41.5 Å². The first-order valence-corrected chi connectivity index (χ1v) is 7.09. The van der Waals surface area contributed by atoms with Gasteiger partial charge in [-0.1, -0.05) is 0 Å². The summed E-state index contributed by atoms with van der Waals surface area (Å²) >= 11 is 0. The number of carbonyl (C=O) groups excluding carboxylic acids is 1. The van der Waals surface area contributed by atoms with Crippen molar-refractivity contribution in [2.45, 2.75) is 12.8 Å². The Morgan fingerprint density at radius 2 is 2.38 bits per heavy atom. The van der Waals surface area contributed by atoms with Crippen LogP contribution in [0.5, 0.6) is 0 Å². The van der Waals surface area contributed by atoms with Crippen LogP contribution in [-0.2, 0) is 0 Å². The molecule has 1 amide bonds.